The Hall–Kier alpha value is -1.53. The molecule has 0 amide bonds. The predicted octanol–water partition coefficient (Wildman–Crippen LogP) is 1.37. The average molecular weight is 306 g/mol. The van der Waals surface area contributed by atoms with Crippen LogP contribution < -0.4 is 15.4 Å². The summed E-state index contributed by atoms with van der Waals surface area (Å²) in [6.07, 6.45) is 3.96. The van der Waals surface area contributed by atoms with Crippen LogP contribution in [0.1, 0.15) is 19.3 Å². The molecular formula is C16H26N4O2. The van der Waals surface area contributed by atoms with Crippen molar-refractivity contribution < 1.29 is 9.47 Å². The molecule has 0 bridgehead atoms. The molecule has 2 saturated heterocycles. The lowest BCUT2D eigenvalue weighted by Gasteiger charge is -2.29. The normalized spacial score (nSPS) is 20.1. The minimum Gasteiger partial charge on any atom is -0.476 e. The first-order valence-electron chi connectivity index (χ1n) is 8.27. The molecule has 3 rings (SSSR count). The van der Waals surface area contributed by atoms with E-state index in [0.717, 1.165) is 38.5 Å². The topological polar surface area (TPSA) is 63.9 Å². The minimum absolute atomic E-state index is 0.511. The highest BCUT2D eigenvalue weighted by atomic mass is 16.5. The Labute approximate surface area is 132 Å². The minimum atomic E-state index is 0.511. The van der Waals surface area contributed by atoms with E-state index in [9.17, 15) is 0 Å². The zero-order chi connectivity index (χ0) is 15.2. The molecule has 2 aliphatic heterocycles. The number of rotatable bonds is 5. The van der Waals surface area contributed by atoms with Crippen molar-refractivity contribution in [2.24, 2.45) is 0 Å². The van der Waals surface area contributed by atoms with Crippen molar-refractivity contribution in [3.63, 3.8) is 0 Å². The first-order chi connectivity index (χ1) is 10.8. The molecule has 2 fully saturated rings. The highest BCUT2D eigenvalue weighted by molar-refractivity contribution is 5.55. The van der Waals surface area contributed by atoms with Gasteiger partial charge < -0.3 is 20.1 Å². The molecule has 0 aliphatic carbocycles. The molecular weight excluding hydrogens is 280 g/mol. The Balaban J connectivity index is 1.54. The Morgan fingerprint density at radius 1 is 1.09 bits per heavy atom. The van der Waals surface area contributed by atoms with Crippen LogP contribution >= 0.6 is 0 Å². The quantitative estimate of drug-likeness (QED) is 0.886. The average Bonchev–Trinajstić information content (AvgIpc) is 2.56. The molecule has 0 saturated carbocycles. The van der Waals surface area contributed by atoms with Crippen molar-refractivity contribution in [2.75, 3.05) is 63.2 Å². The fourth-order valence-electron chi connectivity index (χ4n) is 3.05. The molecule has 2 N–H and O–H groups in total. The zero-order valence-corrected chi connectivity index (χ0v) is 13.2. The molecule has 0 atom stereocenters. The molecule has 2 aliphatic rings. The number of aromatic nitrogens is 1. The third-order valence-corrected chi connectivity index (χ3v) is 4.29. The van der Waals surface area contributed by atoms with Crippen molar-refractivity contribution in [1.29, 1.82) is 0 Å². The van der Waals surface area contributed by atoms with E-state index >= 15 is 0 Å². The van der Waals surface area contributed by atoms with Gasteiger partial charge in [-0.05, 0) is 25.9 Å². The van der Waals surface area contributed by atoms with Crippen LogP contribution in [-0.4, -0.2) is 62.4 Å². The lowest BCUT2D eigenvalue weighted by atomic mass is 10.1. The van der Waals surface area contributed by atoms with E-state index in [1.807, 2.05) is 12.1 Å². The van der Waals surface area contributed by atoms with Gasteiger partial charge in [-0.2, -0.15) is 4.98 Å². The number of pyridine rings is 1. The number of ether oxygens (including phenoxy) is 2. The Morgan fingerprint density at radius 2 is 1.86 bits per heavy atom. The van der Waals surface area contributed by atoms with E-state index in [1.165, 1.54) is 32.4 Å². The molecule has 0 unspecified atom stereocenters. The van der Waals surface area contributed by atoms with Crippen LogP contribution in [0.4, 0.5) is 11.5 Å². The third kappa shape index (κ3) is 4.24. The summed E-state index contributed by atoms with van der Waals surface area (Å²) in [5, 5.41) is 0. The molecule has 0 radical (unpaired) electrons. The maximum Gasteiger partial charge on any atom is 0.217 e. The molecule has 0 spiro atoms. The first-order valence-corrected chi connectivity index (χ1v) is 8.27. The van der Waals surface area contributed by atoms with Gasteiger partial charge >= 0.3 is 0 Å². The van der Waals surface area contributed by atoms with Crippen molar-refractivity contribution >= 4 is 11.5 Å². The van der Waals surface area contributed by atoms with Crippen molar-refractivity contribution in [3.05, 3.63) is 12.1 Å². The van der Waals surface area contributed by atoms with E-state index < -0.39 is 0 Å². The second-order valence-electron chi connectivity index (χ2n) is 5.94. The van der Waals surface area contributed by atoms with Gasteiger partial charge in [0.25, 0.3) is 0 Å². The number of nitrogen functional groups attached to an aromatic ring is 1. The lowest BCUT2D eigenvalue weighted by molar-refractivity contribution is 0.122. The second kappa shape index (κ2) is 7.65. The fraction of sp³-hybridized carbons (Fsp3) is 0.688. The molecule has 0 aromatic carbocycles. The van der Waals surface area contributed by atoms with Gasteiger partial charge in [-0.15, -0.1) is 0 Å². The van der Waals surface area contributed by atoms with Gasteiger partial charge in [0.2, 0.25) is 5.88 Å². The molecule has 6 nitrogen and oxygen atoms in total. The molecule has 22 heavy (non-hydrogen) atoms. The van der Waals surface area contributed by atoms with E-state index in [4.69, 9.17) is 15.2 Å². The van der Waals surface area contributed by atoms with Crippen LogP contribution in [0.2, 0.25) is 0 Å². The summed E-state index contributed by atoms with van der Waals surface area (Å²) >= 11 is 0. The Morgan fingerprint density at radius 3 is 2.64 bits per heavy atom. The summed E-state index contributed by atoms with van der Waals surface area (Å²) in [6, 6.07) is 3.89. The standard InChI is InChI=1S/C16H26N4O2/c17-15-12-14(20-7-9-21-10-8-20)13-16(18-15)22-11-6-19-4-2-1-3-5-19/h12-13H,1-11H2,(H2,17,18). The van der Waals surface area contributed by atoms with E-state index in [2.05, 4.69) is 14.8 Å². The summed E-state index contributed by atoms with van der Waals surface area (Å²) < 4.78 is 11.2. The second-order valence-corrected chi connectivity index (χ2v) is 5.94. The molecule has 1 aromatic heterocycles. The summed E-state index contributed by atoms with van der Waals surface area (Å²) in [4.78, 5) is 9.01. The number of nitrogens with two attached hydrogens (primary N) is 1. The first kappa shape index (κ1) is 15.4. The monoisotopic (exact) mass is 306 g/mol. The van der Waals surface area contributed by atoms with Crippen molar-refractivity contribution in [3.8, 4) is 5.88 Å². The van der Waals surface area contributed by atoms with E-state index in [-0.39, 0.29) is 0 Å². The van der Waals surface area contributed by atoms with Crippen LogP contribution in [0.5, 0.6) is 5.88 Å². The lowest BCUT2D eigenvalue weighted by Crippen LogP contribution is -2.36. The zero-order valence-electron chi connectivity index (χ0n) is 13.2. The molecule has 1 aromatic rings. The van der Waals surface area contributed by atoms with Gasteiger partial charge in [0.1, 0.15) is 12.4 Å². The maximum atomic E-state index is 5.92. The smallest absolute Gasteiger partial charge is 0.217 e. The predicted molar refractivity (Wildman–Crippen MR) is 87.5 cm³/mol. The Bertz CT molecular complexity index is 471. The van der Waals surface area contributed by atoms with Gasteiger partial charge in [0.05, 0.1) is 13.2 Å². The van der Waals surface area contributed by atoms with Gasteiger partial charge in [-0.1, -0.05) is 6.42 Å². The number of hydrogen-bond donors (Lipinski definition) is 1. The fourth-order valence-corrected chi connectivity index (χ4v) is 3.05. The molecule has 3 heterocycles. The highest BCUT2D eigenvalue weighted by Gasteiger charge is 2.14. The van der Waals surface area contributed by atoms with Crippen LogP contribution in [-0.2, 0) is 4.74 Å². The summed E-state index contributed by atoms with van der Waals surface area (Å²) in [5.41, 5.74) is 6.99. The number of likely N-dealkylation sites (tertiary alicyclic amines) is 1. The van der Waals surface area contributed by atoms with Gasteiger partial charge in [-0.25, -0.2) is 0 Å². The van der Waals surface area contributed by atoms with Crippen molar-refractivity contribution in [2.45, 2.75) is 19.3 Å². The molecule has 6 heteroatoms. The number of nitrogens with zero attached hydrogens (tertiary/aromatic N) is 3. The van der Waals surface area contributed by atoms with E-state index in [1.54, 1.807) is 0 Å². The van der Waals surface area contributed by atoms with Crippen LogP contribution in [0.15, 0.2) is 12.1 Å². The Kier molecular flexibility index (Phi) is 5.34. The summed E-state index contributed by atoms with van der Waals surface area (Å²) in [5.74, 6) is 1.13. The van der Waals surface area contributed by atoms with Crippen LogP contribution in [0.3, 0.4) is 0 Å². The van der Waals surface area contributed by atoms with Gasteiger partial charge in [-0.3, -0.25) is 4.90 Å². The SMILES string of the molecule is Nc1cc(N2CCOCC2)cc(OCCN2CCCCC2)n1. The number of morpholine rings is 1. The number of piperidine rings is 1. The highest BCUT2D eigenvalue weighted by Crippen LogP contribution is 2.23. The summed E-state index contributed by atoms with van der Waals surface area (Å²) in [6.45, 7) is 7.29. The van der Waals surface area contributed by atoms with Crippen LogP contribution in [0.25, 0.3) is 0 Å². The van der Waals surface area contributed by atoms with Gasteiger partial charge in [0.15, 0.2) is 0 Å². The van der Waals surface area contributed by atoms with Gasteiger partial charge in [0, 0.05) is 37.5 Å². The summed E-state index contributed by atoms with van der Waals surface area (Å²) in [7, 11) is 0. The number of anilines is 2. The maximum absolute atomic E-state index is 5.92. The van der Waals surface area contributed by atoms with E-state index in [0.29, 0.717) is 18.3 Å². The van der Waals surface area contributed by atoms with Crippen LogP contribution in [0, 0.1) is 0 Å². The molecule has 122 valence electrons. The largest absolute Gasteiger partial charge is 0.476 e. The third-order valence-electron chi connectivity index (χ3n) is 4.29. The van der Waals surface area contributed by atoms with Crippen molar-refractivity contribution in [1.82, 2.24) is 9.88 Å². The number of hydrogen-bond acceptors (Lipinski definition) is 6.